The first kappa shape index (κ1) is 12.5. The summed E-state index contributed by atoms with van der Waals surface area (Å²) in [7, 11) is 2.04. The van der Waals surface area contributed by atoms with E-state index in [1.165, 1.54) is 5.56 Å². The molecule has 1 atom stereocenters. The molecule has 1 unspecified atom stereocenters. The number of fused-ring (bicyclic) bond motifs is 1. The molecule has 2 rings (SSSR count). The Morgan fingerprint density at radius 2 is 2.24 bits per heavy atom. The van der Waals surface area contributed by atoms with Gasteiger partial charge >= 0.3 is 0 Å². The Bertz CT molecular complexity index is 519. The summed E-state index contributed by atoms with van der Waals surface area (Å²) in [4.78, 5) is 4.65. The van der Waals surface area contributed by atoms with Crippen molar-refractivity contribution in [2.45, 2.75) is 19.4 Å². The van der Waals surface area contributed by atoms with Crippen LogP contribution in [0.2, 0.25) is 0 Å². The minimum atomic E-state index is 0.0279. The van der Waals surface area contributed by atoms with Crippen LogP contribution in [0, 0.1) is 6.92 Å². The molecule has 1 aromatic carbocycles. The summed E-state index contributed by atoms with van der Waals surface area (Å²) in [5, 5.41) is 0. The zero-order valence-electron chi connectivity index (χ0n) is 10.6. The summed E-state index contributed by atoms with van der Waals surface area (Å²) < 4.78 is 2.11. The summed E-state index contributed by atoms with van der Waals surface area (Å²) in [6.07, 6.45) is 3.07. The van der Waals surface area contributed by atoms with Crippen LogP contribution in [0.15, 0.2) is 18.2 Å². The number of benzene rings is 1. The molecule has 2 N–H and O–H groups in total. The second-order valence-corrected chi connectivity index (χ2v) is 5.39. The molecule has 92 valence electrons. The van der Waals surface area contributed by atoms with Gasteiger partial charge in [0.05, 0.1) is 17.1 Å². The number of imidazole rings is 1. The number of thioether (sulfide) groups is 1. The molecule has 3 nitrogen and oxygen atoms in total. The minimum absolute atomic E-state index is 0.0279. The van der Waals surface area contributed by atoms with Gasteiger partial charge in [0.15, 0.2) is 0 Å². The summed E-state index contributed by atoms with van der Waals surface area (Å²) in [6.45, 7) is 2.08. The van der Waals surface area contributed by atoms with Crippen molar-refractivity contribution in [2.24, 2.45) is 12.8 Å². The van der Waals surface area contributed by atoms with Crippen molar-refractivity contribution in [3.8, 4) is 0 Å². The zero-order valence-corrected chi connectivity index (χ0v) is 11.4. The molecule has 0 amide bonds. The van der Waals surface area contributed by atoms with Gasteiger partial charge in [0.25, 0.3) is 0 Å². The SMILES string of the molecule is CSCCC(N)c1nc2cc(C)ccc2n1C. The lowest BCUT2D eigenvalue weighted by atomic mass is 10.2. The smallest absolute Gasteiger partial charge is 0.126 e. The first-order valence-electron chi connectivity index (χ1n) is 5.81. The van der Waals surface area contributed by atoms with Crippen molar-refractivity contribution >= 4 is 22.8 Å². The molecule has 0 aliphatic rings. The Kier molecular flexibility index (Phi) is 3.74. The maximum atomic E-state index is 6.19. The minimum Gasteiger partial charge on any atom is -0.330 e. The maximum Gasteiger partial charge on any atom is 0.126 e. The van der Waals surface area contributed by atoms with Crippen molar-refractivity contribution in [3.63, 3.8) is 0 Å². The molecule has 0 bridgehead atoms. The molecule has 0 aliphatic carbocycles. The van der Waals surface area contributed by atoms with Gasteiger partial charge in [-0.15, -0.1) is 0 Å². The normalized spacial score (nSPS) is 13.2. The first-order chi connectivity index (χ1) is 8.13. The Labute approximate surface area is 106 Å². The Morgan fingerprint density at radius 1 is 1.47 bits per heavy atom. The molecule has 4 heteroatoms. The number of nitrogens with zero attached hydrogens (tertiary/aromatic N) is 2. The number of hydrogen-bond acceptors (Lipinski definition) is 3. The summed E-state index contributed by atoms with van der Waals surface area (Å²) in [5.74, 6) is 2.06. The molecule has 1 aromatic heterocycles. The van der Waals surface area contributed by atoms with E-state index in [2.05, 4.69) is 40.9 Å². The molecule has 0 spiro atoms. The molecule has 0 saturated heterocycles. The number of hydrogen-bond donors (Lipinski definition) is 1. The van der Waals surface area contributed by atoms with Crippen LogP contribution in [0.1, 0.15) is 23.9 Å². The van der Waals surface area contributed by atoms with Gasteiger partial charge in [0.2, 0.25) is 0 Å². The first-order valence-corrected chi connectivity index (χ1v) is 7.20. The van der Waals surface area contributed by atoms with Crippen molar-refractivity contribution in [1.29, 1.82) is 0 Å². The van der Waals surface area contributed by atoms with Gasteiger partial charge < -0.3 is 10.3 Å². The van der Waals surface area contributed by atoms with E-state index in [1.807, 2.05) is 18.8 Å². The molecule has 1 heterocycles. The van der Waals surface area contributed by atoms with Gasteiger partial charge in [-0.3, -0.25) is 0 Å². The van der Waals surface area contributed by atoms with Gasteiger partial charge in [-0.25, -0.2) is 4.98 Å². The maximum absolute atomic E-state index is 6.19. The number of aromatic nitrogens is 2. The molecular weight excluding hydrogens is 230 g/mol. The second kappa shape index (κ2) is 5.10. The topological polar surface area (TPSA) is 43.8 Å². The van der Waals surface area contributed by atoms with Gasteiger partial charge in [-0.1, -0.05) is 6.07 Å². The summed E-state index contributed by atoms with van der Waals surface area (Å²) >= 11 is 1.82. The average molecular weight is 249 g/mol. The summed E-state index contributed by atoms with van der Waals surface area (Å²) in [6, 6.07) is 6.37. The second-order valence-electron chi connectivity index (χ2n) is 4.41. The van der Waals surface area contributed by atoms with Crippen LogP contribution in [0.25, 0.3) is 11.0 Å². The Morgan fingerprint density at radius 3 is 2.94 bits per heavy atom. The highest BCUT2D eigenvalue weighted by Crippen LogP contribution is 2.21. The Hall–Kier alpha value is -1.00. The highest BCUT2D eigenvalue weighted by molar-refractivity contribution is 7.98. The highest BCUT2D eigenvalue weighted by Gasteiger charge is 2.14. The standard InChI is InChI=1S/C13H19N3S/c1-9-4-5-12-11(8-9)15-13(16(12)2)10(14)6-7-17-3/h4-5,8,10H,6-7,14H2,1-3H3. The van der Waals surface area contributed by atoms with E-state index in [0.29, 0.717) is 0 Å². The lowest BCUT2D eigenvalue weighted by Gasteiger charge is -2.10. The van der Waals surface area contributed by atoms with Crippen molar-refractivity contribution in [1.82, 2.24) is 9.55 Å². The van der Waals surface area contributed by atoms with Crippen LogP contribution < -0.4 is 5.73 Å². The van der Waals surface area contributed by atoms with Crippen LogP contribution in [0.3, 0.4) is 0 Å². The zero-order chi connectivity index (χ0) is 12.4. The lowest BCUT2D eigenvalue weighted by Crippen LogP contribution is -2.16. The highest BCUT2D eigenvalue weighted by atomic mass is 32.2. The largest absolute Gasteiger partial charge is 0.330 e. The van der Waals surface area contributed by atoms with Gasteiger partial charge in [-0.05, 0) is 43.0 Å². The number of rotatable bonds is 4. The van der Waals surface area contributed by atoms with Crippen LogP contribution in [0.5, 0.6) is 0 Å². The third-order valence-electron chi connectivity index (χ3n) is 3.04. The van der Waals surface area contributed by atoms with Crippen molar-refractivity contribution < 1.29 is 0 Å². The van der Waals surface area contributed by atoms with E-state index in [4.69, 9.17) is 5.73 Å². The predicted molar refractivity (Wildman–Crippen MR) is 75.4 cm³/mol. The fourth-order valence-corrected chi connectivity index (χ4v) is 2.52. The van der Waals surface area contributed by atoms with E-state index in [1.54, 1.807) is 0 Å². The van der Waals surface area contributed by atoms with Crippen LogP contribution in [-0.2, 0) is 7.05 Å². The third-order valence-corrected chi connectivity index (χ3v) is 3.68. The van der Waals surface area contributed by atoms with Crippen LogP contribution in [-0.4, -0.2) is 21.6 Å². The quantitative estimate of drug-likeness (QED) is 0.906. The summed E-state index contributed by atoms with van der Waals surface area (Å²) in [5.41, 5.74) is 9.62. The third kappa shape index (κ3) is 2.48. The molecule has 0 fully saturated rings. The lowest BCUT2D eigenvalue weighted by molar-refractivity contribution is 0.628. The fraction of sp³-hybridized carbons (Fsp3) is 0.462. The number of aryl methyl sites for hydroxylation is 2. The average Bonchev–Trinajstić information content (AvgIpc) is 2.63. The molecule has 0 aliphatic heterocycles. The van der Waals surface area contributed by atoms with Gasteiger partial charge in [-0.2, -0.15) is 11.8 Å². The molecule has 17 heavy (non-hydrogen) atoms. The van der Waals surface area contributed by atoms with Gasteiger partial charge in [0.1, 0.15) is 5.82 Å². The van der Waals surface area contributed by atoms with E-state index in [0.717, 1.165) is 29.0 Å². The van der Waals surface area contributed by atoms with E-state index in [9.17, 15) is 0 Å². The van der Waals surface area contributed by atoms with Gasteiger partial charge in [0, 0.05) is 7.05 Å². The Balaban J connectivity index is 2.37. The molecule has 2 aromatic rings. The van der Waals surface area contributed by atoms with E-state index >= 15 is 0 Å². The predicted octanol–water partition coefficient (Wildman–Crippen LogP) is 2.63. The van der Waals surface area contributed by atoms with Crippen molar-refractivity contribution in [2.75, 3.05) is 12.0 Å². The fourth-order valence-electron chi connectivity index (χ4n) is 2.03. The molecule has 0 saturated carbocycles. The number of nitrogens with two attached hydrogens (primary N) is 1. The monoisotopic (exact) mass is 249 g/mol. The van der Waals surface area contributed by atoms with Crippen LogP contribution >= 0.6 is 11.8 Å². The molecule has 0 radical (unpaired) electrons. The van der Waals surface area contributed by atoms with E-state index < -0.39 is 0 Å². The van der Waals surface area contributed by atoms with E-state index in [-0.39, 0.29) is 6.04 Å². The van der Waals surface area contributed by atoms with Crippen LogP contribution in [0.4, 0.5) is 0 Å². The van der Waals surface area contributed by atoms with Crippen molar-refractivity contribution in [3.05, 3.63) is 29.6 Å². The molecular formula is C13H19N3S.